The third-order valence-electron chi connectivity index (χ3n) is 5.09. The van der Waals surface area contributed by atoms with E-state index in [0.717, 1.165) is 30.7 Å². The van der Waals surface area contributed by atoms with Crippen LogP contribution in [0.25, 0.3) is 0 Å². The maximum Gasteiger partial charge on any atom is 0.434 e. The Morgan fingerprint density at radius 3 is 1.28 bits per heavy atom. The van der Waals surface area contributed by atoms with E-state index in [1.165, 1.54) is 0 Å². The van der Waals surface area contributed by atoms with Crippen molar-refractivity contribution in [2.24, 2.45) is 0 Å². The van der Waals surface area contributed by atoms with Crippen LogP contribution in [0.5, 0.6) is 0 Å². The van der Waals surface area contributed by atoms with Crippen LogP contribution in [-0.2, 0) is 14.5 Å². The van der Waals surface area contributed by atoms with Crippen molar-refractivity contribution >= 4 is 10.1 Å². The van der Waals surface area contributed by atoms with Gasteiger partial charge in [-0.15, -0.1) is 0 Å². The van der Waals surface area contributed by atoms with Crippen molar-refractivity contribution in [3.8, 4) is 0 Å². The van der Waals surface area contributed by atoms with Gasteiger partial charge in [0.1, 0.15) is 0 Å². The summed E-state index contributed by atoms with van der Waals surface area (Å²) in [6.45, 7) is 18.8. The van der Waals surface area contributed by atoms with Gasteiger partial charge in [-0.2, -0.15) is 39.2 Å². The molecule has 0 fully saturated rings. The molecule has 0 spiro atoms. The van der Waals surface area contributed by atoms with Gasteiger partial charge in [0.25, 0.3) is 0 Å². The van der Waals surface area contributed by atoms with Gasteiger partial charge in [-0.25, -0.2) is 0 Å². The highest BCUT2D eigenvalue weighted by molar-refractivity contribution is 7.87. The van der Waals surface area contributed by atoms with Crippen molar-refractivity contribution in [1.82, 2.24) is 0 Å². The van der Waals surface area contributed by atoms with Gasteiger partial charge >= 0.3 is 27.5 Å². The second-order valence-electron chi connectivity index (χ2n) is 8.20. The summed E-state index contributed by atoms with van der Waals surface area (Å²) in [7, 11) is -6.38. The number of hydrogen-bond acceptors (Lipinski definition) is 3. The Kier molecular flexibility index (Phi) is 17.1. The standard InChI is InChI=1S/C12H20N.C11H16F8O3S/c1-5-9-13(10-6-2,11-7-3)12-8-4;12-9(13,11(17,18)23(20,21)22-19)7-5-3-1-2-4-6-8-10(14,15)16/h5-8H,1-4,9-12H2;1-8H2/q+1;. The van der Waals surface area contributed by atoms with E-state index in [0.29, 0.717) is 6.42 Å². The molecule has 212 valence electrons. The fraction of sp³-hybridized carbons (Fsp3) is 0.652. The smallest absolute Gasteiger partial charge is 0.311 e. The number of unbranched alkanes of at least 4 members (excludes halogenated alkanes) is 5. The Morgan fingerprint density at radius 1 is 0.639 bits per heavy atom. The molecule has 0 N–H and O–H groups in total. The predicted octanol–water partition coefficient (Wildman–Crippen LogP) is 7.68. The molecule has 13 heteroatoms. The van der Waals surface area contributed by atoms with Gasteiger partial charge in [0, 0.05) is 12.8 Å². The first-order chi connectivity index (χ1) is 16.5. The quantitative estimate of drug-likeness (QED) is 0.0707. The third-order valence-corrected chi connectivity index (χ3v) is 6.18. The molecule has 0 atom stereocenters. The monoisotopic (exact) mass is 558 g/mol. The van der Waals surface area contributed by atoms with E-state index in [2.05, 4.69) is 26.3 Å². The molecule has 0 bridgehead atoms. The topological polar surface area (TPSA) is 43.4 Å². The number of rotatable bonds is 19. The minimum atomic E-state index is -6.38. The second-order valence-corrected chi connectivity index (χ2v) is 9.75. The van der Waals surface area contributed by atoms with Crippen LogP contribution in [0.4, 0.5) is 35.3 Å². The van der Waals surface area contributed by atoms with Crippen LogP contribution in [0.15, 0.2) is 50.6 Å². The zero-order valence-corrected chi connectivity index (χ0v) is 21.0. The summed E-state index contributed by atoms with van der Waals surface area (Å²) >= 11 is 0. The van der Waals surface area contributed by atoms with Crippen molar-refractivity contribution in [3.63, 3.8) is 0 Å². The number of halogens is 8. The van der Waals surface area contributed by atoms with Crippen LogP contribution in [0, 0.1) is 0 Å². The van der Waals surface area contributed by atoms with Gasteiger partial charge in [0.2, 0.25) is 0 Å². The van der Waals surface area contributed by atoms with Crippen LogP contribution < -0.4 is 0 Å². The zero-order valence-electron chi connectivity index (χ0n) is 20.2. The minimum absolute atomic E-state index is 0.00574. The van der Waals surface area contributed by atoms with E-state index in [9.17, 15) is 43.7 Å². The lowest BCUT2D eigenvalue weighted by atomic mass is 10.1. The molecule has 0 unspecified atom stereocenters. The second kappa shape index (κ2) is 16.9. The normalized spacial score (nSPS) is 12.9. The minimum Gasteiger partial charge on any atom is -0.311 e. The van der Waals surface area contributed by atoms with Gasteiger partial charge in [0.15, 0.2) is 0 Å². The number of nitrogens with zero attached hydrogens (tertiary/aromatic N) is 1. The Labute approximate surface area is 208 Å². The van der Waals surface area contributed by atoms with Gasteiger partial charge in [-0.3, -0.25) is 0 Å². The molecule has 0 aromatic carbocycles. The lowest BCUT2D eigenvalue weighted by molar-refractivity contribution is -0.906. The number of hydrogen-bond donors (Lipinski definition) is 0. The molecule has 0 heterocycles. The highest BCUT2D eigenvalue weighted by Crippen LogP contribution is 2.43. The van der Waals surface area contributed by atoms with Gasteiger partial charge in [0.05, 0.1) is 26.2 Å². The summed E-state index contributed by atoms with van der Waals surface area (Å²) < 4.78 is 123. The number of alkyl halides is 7. The lowest BCUT2D eigenvalue weighted by Crippen LogP contribution is -2.48. The third kappa shape index (κ3) is 13.5. The van der Waals surface area contributed by atoms with Crippen LogP contribution in [0.1, 0.15) is 51.4 Å². The molecule has 0 aliphatic rings. The maximum absolute atomic E-state index is 13.1. The van der Waals surface area contributed by atoms with Gasteiger partial charge in [-0.05, 0) is 41.7 Å². The Morgan fingerprint density at radius 2 is 0.972 bits per heavy atom. The molecule has 0 amide bonds. The Bertz CT molecular complexity index is 722. The van der Waals surface area contributed by atoms with Gasteiger partial charge < -0.3 is 4.48 Å². The van der Waals surface area contributed by atoms with Crippen LogP contribution in [0.2, 0.25) is 0 Å². The summed E-state index contributed by atoms with van der Waals surface area (Å²) in [6.07, 6.45) is 1.12. The number of quaternary nitrogens is 1. The van der Waals surface area contributed by atoms with Crippen molar-refractivity contribution < 1.29 is 52.5 Å². The molecule has 0 radical (unpaired) electrons. The van der Waals surface area contributed by atoms with E-state index in [4.69, 9.17) is 0 Å². The highest BCUT2D eigenvalue weighted by Gasteiger charge is 2.66. The van der Waals surface area contributed by atoms with E-state index >= 15 is 0 Å². The molecular weight excluding hydrogens is 522 g/mol. The average Bonchev–Trinajstić information content (AvgIpc) is 2.75. The van der Waals surface area contributed by atoms with E-state index in [-0.39, 0.29) is 25.7 Å². The van der Waals surface area contributed by atoms with Crippen molar-refractivity contribution in [1.29, 1.82) is 0 Å². The average molecular weight is 559 g/mol. The van der Waals surface area contributed by atoms with E-state index in [1.54, 1.807) is 0 Å². The molecule has 0 aliphatic carbocycles. The largest absolute Gasteiger partial charge is 0.434 e. The van der Waals surface area contributed by atoms with Crippen molar-refractivity contribution in [3.05, 3.63) is 50.6 Å². The summed E-state index contributed by atoms with van der Waals surface area (Å²) in [4.78, 5) is 0. The lowest BCUT2D eigenvalue weighted by Gasteiger charge is -2.35. The van der Waals surface area contributed by atoms with Gasteiger partial charge in [-0.1, -0.05) is 56.4 Å². The molecule has 0 saturated carbocycles. The maximum atomic E-state index is 13.1. The van der Waals surface area contributed by atoms with Crippen molar-refractivity contribution in [2.75, 3.05) is 26.2 Å². The molecule has 0 rings (SSSR count). The SMILES string of the molecule is C=CC[N+](CC=C)(CC=C)CC=C.O=S(=O)(OF)C(F)(F)C(F)(F)CCCCCCCCC(F)(F)F. The molecule has 0 aliphatic heterocycles. The molecule has 36 heavy (non-hydrogen) atoms. The van der Waals surface area contributed by atoms with Crippen LogP contribution >= 0.6 is 0 Å². The first-order valence-corrected chi connectivity index (χ1v) is 12.6. The Balaban J connectivity index is 0. The molecule has 0 aromatic rings. The highest BCUT2D eigenvalue weighted by atomic mass is 32.2. The first kappa shape index (κ1) is 36.4. The fourth-order valence-corrected chi connectivity index (χ4v) is 3.84. The summed E-state index contributed by atoms with van der Waals surface area (Å²) in [5, 5.41) is -5.71. The molecule has 4 nitrogen and oxygen atoms in total. The zero-order chi connectivity index (χ0) is 28.5. The molecule has 0 saturated heterocycles. The van der Waals surface area contributed by atoms with Crippen LogP contribution in [-0.4, -0.2) is 56.4 Å². The van der Waals surface area contributed by atoms with Crippen LogP contribution in [0.3, 0.4) is 0 Å². The molecule has 0 aromatic heterocycles. The fourth-order valence-electron chi connectivity index (χ4n) is 3.29. The summed E-state index contributed by atoms with van der Waals surface area (Å²) in [5.41, 5.74) is 0. The first-order valence-electron chi connectivity index (χ1n) is 11.2. The molecular formula is C23H36F8NO3S+. The summed E-state index contributed by atoms with van der Waals surface area (Å²) in [5.74, 6) is -5.02. The van der Waals surface area contributed by atoms with E-state index < -0.39 is 46.7 Å². The predicted molar refractivity (Wildman–Crippen MR) is 125 cm³/mol. The Hall–Kier alpha value is -1.73. The van der Waals surface area contributed by atoms with E-state index in [1.807, 2.05) is 28.7 Å². The summed E-state index contributed by atoms with van der Waals surface area (Å²) in [6, 6.07) is 0. The van der Waals surface area contributed by atoms with Crippen molar-refractivity contribution in [2.45, 2.75) is 68.7 Å².